The molecule has 5 nitrogen and oxygen atoms in total. The standard InChI is InChI=1S/C58H35O5P3/c1-2-18-40(19-3-1)64-49-24-12-26-51(65-60-45-32-28-36-14-4-8-20-41(36)53(45)54-42-21-9-5-15-37(42)29-33-46(54)61-65)57(49)59-58-50(64)25-13-27-52(58)66-62-47-34-30-38-16-6-10-22-43(38)55(47)56-44-23-11-7-17-39(44)31-35-48(56)63-66/h1-35H. The monoisotopic (exact) mass is 904 g/mol. The van der Waals surface area contributed by atoms with Crippen LogP contribution in [0.2, 0.25) is 0 Å². The van der Waals surface area contributed by atoms with Crippen LogP contribution in [-0.4, -0.2) is 0 Å². The van der Waals surface area contributed by atoms with E-state index in [9.17, 15) is 0 Å². The van der Waals surface area contributed by atoms with Crippen LogP contribution in [0.1, 0.15) is 0 Å². The van der Waals surface area contributed by atoms with Crippen LogP contribution in [0.3, 0.4) is 0 Å². The third-order valence-electron chi connectivity index (χ3n) is 12.8. The summed E-state index contributed by atoms with van der Waals surface area (Å²) in [6.45, 7) is 0. The second kappa shape index (κ2) is 15.0. The van der Waals surface area contributed by atoms with Gasteiger partial charge in [-0.2, -0.15) is 0 Å². The first-order valence-electron chi connectivity index (χ1n) is 21.9. The summed E-state index contributed by atoms with van der Waals surface area (Å²) in [4.78, 5) is 0. The Morgan fingerprint density at radius 1 is 0.258 bits per heavy atom. The molecule has 0 N–H and O–H groups in total. The van der Waals surface area contributed by atoms with Crippen molar-refractivity contribution in [1.82, 2.24) is 0 Å². The number of benzene rings is 11. The first-order valence-corrected chi connectivity index (χ1v) is 25.6. The fourth-order valence-corrected chi connectivity index (χ4v) is 15.4. The van der Waals surface area contributed by atoms with Gasteiger partial charge in [0.05, 0.1) is 0 Å². The first-order chi connectivity index (χ1) is 32.7. The average Bonchev–Trinajstić information content (AvgIpc) is 3.67. The minimum absolute atomic E-state index is 0.743. The van der Waals surface area contributed by atoms with Gasteiger partial charge in [0, 0.05) is 32.2 Å². The lowest BCUT2D eigenvalue weighted by molar-refractivity contribution is 0.492. The molecule has 0 amide bonds. The molecule has 0 fully saturated rings. The molecule has 14 rings (SSSR count). The van der Waals surface area contributed by atoms with E-state index in [1.807, 2.05) is 0 Å². The summed E-state index contributed by atoms with van der Waals surface area (Å²) >= 11 is 0. The quantitative estimate of drug-likeness (QED) is 0.165. The molecule has 11 aromatic carbocycles. The molecule has 1 aliphatic heterocycles. The summed E-state index contributed by atoms with van der Waals surface area (Å²) in [6, 6.07) is 74.6. The Hall–Kier alpha value is -7.51. The molecule has 0 saturated carbocycles. The van der Waals surface area contributed by atoms with Gasteiger partial charge >= 0.3 is 0 Å². The van der Waals surface area contributed by atoms with E-state index in [-0.39, 0.29) is 0 Å². The lowest BCUT2D eigenvalue weighted by Gasteiger charge is -2.30. The molecule has 13 aromatic rings. The maximum atomic E-state index is 7.44. The second-order valence-corrected chi connectivity index (χ2v) is 21.4. The molecule has 312 valence electrons. The van der Waals surface area contributed by atoms with E-state index in [1.54, 1.807) is 0 Å². The molecule has 66 heavy (non-hydrogen) atoms. The topological polar surface area (TPSA) is 61.8 Å². The van der Waals surface area contributed by atoms with Gasteiger partial charge in [-0.15, -0.1) is 0 Å². The predicted octanol–water partition coefficient (Wildman–Crippen LogP) is 17.3. The zero-order valence-electron chi connectivity index (χ0n) is 35.1. The fourth-order valence-electron chi connectivity index (χ4n) is 9.90. The molecule has 2 aromatic heterocycles. The van der Waals surface area contributed by atoms with Crippen LogP contribution >= 0.6 is 23.9 Å². The number of hydrogen-bond donors (Lipinski definition) is 0. The van der Waals surface area contributed by atoms with Crippen molar-refractivity contribution in [2.45, 2.75) is 0 Å². The number of ether oxygens (including phenoxy) is 1. The number of hydrogen-bond acceptors (Lipinski definition) is 5. The Morgan fingerprint density at radius 3 is 0.939 bits per heavy atom. The zero-order chi connectivity index (χ0) is 43.3. The van der Waals surface area contributed by atoms with Crippen LogP contribution in [0, 0.1) is 0 Å². The van der Waals surface area contributed by atoms with Gasteiger partial charge in [0.1, 0.15) is 32.9 Å². The highest BCUT2D eigenvalue weighted by Gasteiger charge is 2.34. The normalized spacial score (nSPS) is 12.6. The summed E-state index contributed by atoms with van der Waals surface area (Å²) < 4.78 is 36.3. The van der Waals surface area contributed by atoms with Gasteiger partial charge in [0.25, 0.3) is 16.0 Å². The van der Waals surface area contributed by atoms with Crippen molar-refractivity contribution in [1.29, 1.82) is 0 Å². The van der Waals surface area contributed by atoms with Crippen molar-refractivity contribution >= 4 is 127 Å². The lowest BCUT2D eigenvalue weighted by atomic mass is 9.99. The van der Waals surface area contributed by atoms with Crippen LogP contribution in [-0.2, 0) is 0 Å². The van der Waals surface area contributed by atoms with Gasteiger partial charge in [-0.1, -0.05) is 176 Å². The van der Waals surface area contributed by atoms with E-state index in [4.69, 9.17) is 21.5 Å². The average molecular weight is 905 g/mol. The van der Waals surface area contributed by atoms with Crippen LogP contribution in [0.15, 0.2) is 229 Å². The molecule has 0 unspecified atom stereocenters. The smallest absolute Gasteiger partial charge is 0.256 e. The highest BCUT2D eigenvalue weighted by Crippen LogP contribution is 2.58. The number of rotatable bonds is 3. The van der Waals surface area contributed by atoms with Gasteiger partial charge in [0.15, 0.2) is 11.5 Å². The maximum Gasteiger partial charge on any atom is 0.256 e. The Balaban J connectivity index is 1.06. The zero-order valence-corrected chi connectivity index (χ0v) is 37.8. The van der Waals surface area contributed by atoms with Crippen molar-refractivity contribution in [2.24, 2.45) is 0 Å². The summed E-state index contributed by atoms with van der Waals surface area (Å²) in [5, 5.41) is 18.2. The number of para-hydroxylation sites is 2. The molecular formula is C58H35O5P3. The van der Waals surface area contributed by atoms with E-state index in [0.717, 1.165) is 120 Å². The van der Waals surface area contributed by atoms with Crippen LogP contribution < -0.4 is 20.7 Å². The first kappa shape index (κ1) is 37.8. The third-order valence-corrected chi connectivity index (χ3v) is 18.3. The van der Waals surface area contributed by atoms with Crippen LogP contribution in [0.4, 0.5) is 0 Å². The maximum absolute atomic E-state index is 7.44. The van der Waals surface area contributed by atoms with E-state index in [0.29, 0.717) is 0 Å². The van der Waals surface area contributed by atoms with Crippen LogP contribution in [0.25, 0.3) is 97.6 Å². The molecule has 0 radical (unpaired) electrons. The largest absolute Gasteiger partial charge is 0.454 e. The summed E-state index contributed by atoms with van der Waals surface area (Å²) in [7, 11) is -4.66. The summed E-state index contributed by atoms with van der Waals surface area (Å²) in [5.41, 5.74) is 3.10. The highest BCUT2D eigenvalue weighted by molar-refractivity contribution is 7.80. The Bertz CT molecular complexity index is 3790. The summed E-state index contributed by atoms with van der Waals surface area (Å²) in [5.74, 6) is 1.49. The van der Waals surface area contributed by atoms with Gasteiger partial charge in [-0.25, -0.2) is 0 Å². The second-order valence-electron chi connectivity index (χ2n) is 16.5. The van der Waals surface area contributed by atoms with Crippen LogP contribution in [0.5, 0.6) is 11.5 Å². The SMILES string of the molecule is c1ccc(P2c3cccc(-p4oc5ccc6ccccc6c5c5c(ccc6ccccc65)o4)c3Oc3c2cccc3-p2oc3ccc4ccccc4c3c3c(ccc4ccccc43)o2)cc1. The number of fused-ring (bicyclic) bond motifs is 16. The van der Waals surface area contributed by atoms with E-state index in [2.05, 4.69) is 212 Å². The Morgan fingerprint density at radius 2 is 0.576 bits per heavy atom. The molecule has 0 atom stereocenters. The molecule has 0 saturated heterocycles. The molecule has 3 heterocycles. The molecule has 0 bridgehead atoms. The minimum atomic E-state index is -1.77. The molecule has 0 aliphatic carbocycles. The van der Waals surface area contributed by atoms with Crippen molar-refractivity contribution < 1.29 is 21.5 Å². The van der Waals surface area contributed by atoms with E-state index < -0.39 is 23.9 Å². The van der Waals surface area contributed by atoms with Gasteiger partial charge in [-0.3, -0.25) is 0 Å². The van der Waals surface area contributed by atoms with Crippen molar-refractivity contribution in [2.75, 3.05) is 0 Å². The van der Waals surface area contributed by atoms with E-state index >= 15 is 0 Å². The predicted molar refractivity (Wildman–Crippen MR) is 278 cm³/mol. The van der Waals surface area contributed by atoms with Gasteiger partial charge in [-0.05, 0) is 92.7 Å². The molecule has 8 heteroatoms. The third kappa shape index (κ3) is 5.85. The summed E-state index contributed by atoms with van der Waals surface area (Å²) in [6.07, 6.45) is 0. The van der Waals surface area contributed by atoms with Gasteiger partial charge < -0.3 is 21.5 Å². The Labute approximate surface area is 380 Å². The Kier molecular flexibility index (Phi) is 8.61. The molecule has 0 spiro atoms. The van der Waals surface area contributed by atoms with Gasteiger partial charge in [0.2, 0.25) is 0 Å². The highest BCUT2D eigenvalue weighted by atomic mass is 31.1. The minimum Gasteiger partial charge on any atom is -0.454 e. The van der Waals surface area contributed by atoms with Crippen molar-refractivity contribution in [3.63, 3.8) is 0 Å². The lowest BCUT2D eigenvalue weighted by Crippen LogP contribution is -2.27. The molecular weight excluding hydrogens is 870 g/mol. The van der Waals surface area contributed by atoms with Crippen molar-refractivity contribution in [3.05, 3.63) is 212 Å². The van der Waals surface area contributed by atoms with E-state index in [1.165, 1.54) is 5.30 Å². The molecule has 1 aliphatic rings. The fraction of sp³-hybridized carbons (Fsp3) is 0. The van der Waals surface area contributed by atoms with Crippen molar-refractivity contribution in [3.8, 4) is 22.1 Å².